The van der Waals surface area contributed by atoms with Crippen LogP contribution in [0.2, 0.25) is 0 Å². The number of unbranched alkanes of at least 4 members (excludes halogenated alkanes) is 3. The second kappa shape index (κ2) is 12.8. The Labute approximate surface area is 203 Å². The molecule has 6 heteroatoms. The highest BCUT2D eigenvalue weighted by Gasteiger charge is 2.18. The van der Waals surface area contributed by atoms with Crippen LogP contribution in [0.1, 0.15) is 83.9 Å². The van der Waals surface area contributed by atoms with Gasteiger partial charge in [-0.25, -0.2) is 0 Å². The van der Waals surface area contributed by atoms with Gasteiger partial charge in [-0.3, -0.25) is 9.59 Å². The van der Waals surface area contributed by atoms with Gasteiger partial charge in [-0.1, -0.05) is 50.8 Å². The van der Waals surface area contributed by atoms with Crippen molar-refractivity contribution in [3.63, 3.8) is 0 Å². The maximum Gasteiger partial charge on any atom is 0.286 e. The van der Waals surface area contributed by atoms with Gasteiger partial charge in [-0.2, -0.15) is 0 Å². The Hall–Kier alpha value is -3.28. The van der Waals surface area contributed by atoms with Crippen LogP contribution in [0, 0.1) is 6.92 Å². The first-order valence-electron chi connectivity index (χ1n) is 12.4. The third-order valence-electron chi connectivity index (χ3n) is 5.88. The molecule has 0 bridgehead atoms. The number of carbonyl (C=O) groups excluding carboxylic acids is 2. The maximum atomic E-state index is 13.1. The molecular weight excluding hydrogens is 426 g/mol. The van der Waals surface area contributed by atoms with Crippen LogP contribution in [0.5, 0.6) is 0 Å². The first-order chi connectivity index (χ1) is 16.5. The van der Waals surface area contributed by atoms with Crippen LogP contribution in [-0.4, -0.2) is 34.4 Å². The van der Waals surface area contributed by atoms with Crippen molar-refractivity contribution < 1.29 is 14.0 Å². The highest BCUT2D eigenvalue weighted by atomic mass is 16.4. The minimum absolute atomic E-state index is 0.0329. The standard InChI is InChI=1S/C28H37N3O3/c1-4-6-7-8-17-29-27(32)26-16-15-25(34-26)21-30-19-9-10-24(30)20-31(18-5-2)28(33)23-13-11-22(3)12-14-23/h9-16,19H,4-8,17-18,20-21H2,1-3H3,(H,29,32). The van der Waals surface area contributed by atoms with Gasteiger partial charge in [0.25, 0.3) is 11.8 Å². The number of furan rings is 1. The van der Waals surface area contributed by atoms with E-state index in [1.807, 2.05) is 60.5 Å². The number of rotatable bonds is 13. The van der Waals surface area contributed by atoms with Crippen LogP contribution in [-0.2, 0) is 13.1 Å². The summed E-state index contributed by atoms with van der Waals surface area (Å²) in [6.45, 7) is 8.63. The lowest BCUT2D eigenvalue weighted by Crippen LogP contribution is -2.32. The van der Waals surface area contributed by atoms with Gasteiger partial charge in [0.05, 0.1) is 13.1 Å². The van der Waals surface area contributed by atoms with E-state index >= 15 is 0 Å². The van der Waals surface area contributed by atoms with E-state index in [0.717, 1.165) is 30.5 Å². The predicted octanol–water partition coefficient (Wildman–Crippen LogP) is 5.80. The summed E-state index contributed by atoms with van der Waals surface area (Å²) in [6.07, 6.45) is 7.33. The summed E-state index contributed by atoms with van der Waals surface area (Å²) in [6, 6.07) is 15.3. The van der Waals surface area contributed by atoms with Crippen molar-refractivity contribution in [2.45, 2.75) is 66.0 Å². The summed E-state index contributed by atoms with van der Waals surface area (Å²) in [7, 11) is 0. The summed E-state index contributed by atoms with van der Waals surface area (Å²) in [5.74, 6) is 0.903. The van der Waals surface area contributed by atoms with Crippen LogP contribution >= 0.6 is 0 Å². The molecule has 2 aromatic heterocycles. The molecule has 34 heavy (non-hydrogen) atoms. The molecule has 0 aliphatic rings. The second-order valence-electron chi connectivity index (χ2n) is 8.80. The van der Waals surface area contributed by atoms with E-state index in [1.54, 1.807) is 6.07 Å². The molecule has 0 fully saturated rings. The lowest BCUT2D eigenvalue weighted by atomic mass is 10.1. The van der Waals surface area contributed by atoms with Gasteiger partial charge < -0.3 is 19.2 Å². The summed E-state index contributed by atoms with van der Waals surface area (Å²) < 4.78 is 7.88. The van der Waals surface area contributed by atoms with Gasteiger partial charge in [-0.05, 0) is 56.2 Å². The Morgan fingerprint density at radius 3 is 2.50 bits per heavy atom. The molecule has 0 spiro atoms. The molecule has 3 rings (SSSR count). The molecule has 0 unspecified atom stereocenters. The molecule has 2 amide bonds. The number of hydrogen-bond acceptors (Lipinski definition) is 3. The average molecular weight is 464 g/mol. The van der Waals surface area contributed by atoms with Crippen molar-refractivity contribution in [2.24, 2.45) is 0 Å². The molecule has 0 aliphatic heterocycles. The van der Waals surface area contributed by atoms with Crippen molar-refractivity contribution in [1.82, 2.24) is 14.8 Å². The first kappa shape index (κ1) is 25.3. The van der Waals surface area contributed by atoms with Crippen molar-refractivity contribution >= 4 is 11.8 Å². The number of aromatic nitrogens is 1. The molecule has 0 saturated heterocycles. The summed E-state index contributed by atoms with van der Waals surface area (Å²) in [5.41, 5.74) is 2.86. The lowest BCUT2D eigenvalue weighted by Gasteiger charge is -2.23. The summed E-state index contributed by atoms with van der Waals surface area (Å²) in [5, 5.41) is 2.93. The van der Waals surface area contributed by atoms with Crippen LogP contribution < -0.4 is 5.32 Å². The van der Waals surface area contributed by atoms with Crippen molar-refractivity contribution in [1.29, 1.82) is 0 Å². The van der Waals surface area contributed by atoms with Gasteiger partial charge in [0.2, 0.25) is 0 Å². The topological polar surface area (TPSA) is 67.5 Å². The third kappa shape index (κ3) is 7.11. The van der Waals surface area contributed by atoms with Crippen molar-refractivity contribution in [3.05, 3.63) is 83.1 Å². The fourth-order valence-corrected chi connectivity index (χ4v) is 3.94. The zero-order chi connectivity index (χ0) is 24.3. The molecule has 182 valence electrons. The maximum absolute atomic E-state index is 13.1. The largest absolute Gasteiger partial charge is 0.454 e. The molecule has 0 saturated carbocycles. The summed E-state index contributed by atoms with van der Waals surface area (Å²) in [4.78, 5) is 27.4. The molecule has 0 radical (unpaired) electrons. The van der Waals surface area contributed by atoms with E-state index < -0.39 is 0 Å². The highest BCUT2D eigenvalue weighted by molar-refractivity contribution is 5.94. The fourth-order valence-electron chi connectivity index (χ4n) is 3.94. The van der Waals surface area contributed by atoms with E-state index in [4.69, 9.17) is 4.42 Å². The normalized spacial score (nSPS) is 10.9. The van der Waals surface area contributed by atoms with Crippen LogP contribution in [0.15, 0.2) is 59.1 Å². The van der Waals surface area contributed by atoms with Gasteiger partial charge in [-0.15, -0.1) is 0 Å². The Morgan fingerprint density at radius 2 is 1.76 bits per heavy atom. The Bertz CT molecular complexity index is 1050. The smallest absolute Gasteiger partial charge is 0.286 e. The minimum atomic E-state index is -0.173. The van der Waals surface area contributed by atoms with E-state index in [1.165, 1.54) is 12.8 Å². The number of benzene rings is 1. The SMILES string of the molecule is CCCCCCNC(=O)c1ccc(Cn2cccc2CN(CCC)C(=O)c2ccc(C)cc2)o1. The molecule has 0 aliphatic carbocycles. The number of nitrogens with zero attached hydrogens (tertiary/aromatic N) is 2. The number of aryl methyl sites for hydroxylation is 1. The molecule has 3 aromatic rings. The van der Waals surface area contributed by atoms with Crippen molar-refractivity contribution in [2.75, 3.05) is 13.1 Å². The fraction of sp³-hybridized carbons (Fsp3) is 0.429. The molecule has 1 aromatic carbocycles. The van der Waals surface area contributed by atoms with Gasteiger partial charge in [0.1, 0.15) is 5.76 Å². The number of carbonyl (C=O) groups is 2. The van der Waals surface area contributed by atoms with Crippen LogP contribution in [0.3, 0.4) is 0 Å². The Balaban J connectivity index is 1.62. The van der Waals surface area contributed by atoms with Gasteiger partial charge in [0, 0.05) is 30.5 Å². The second-order valence-corrected chi connectivity index (χ2v) is 8.80. The van der Waals surface area contributed by atoms with Crippen LogP contribution in [0.4, 0.5) is 0 Å². The van der Waals surface area contributed by atoms with Gasteiger partial charge >= 0.3 is 0 Å². The molecule has 0 atom stereocenters. The van der Waals surface area contributed by atoms with Crippen LogP contribution in [0.25, 0.3) is 0 Å². The quantitative estimate of drug-likeness (QED) is 0.326. The van der Waals surface area contributed by atoms with E-state index in [2.05, 4.69) is 23.7 Å². The number of hydrogen-bond donors (Lipinski definition) is 1. The highest BCUT2D eigenvalue weighted by Crippen LogP contribution is 2.16. The Kier molecular flexibility index (Phi) is 9.56. The average Bonchev–Trinajstić information content (AvgIpc) is 3.48. The number of amides is 2. The number of nitrogens with one attached hydrogen (secondary N) is 1. The zero-order valence-corrected chi connectivity index (χ0v) is 20.7. The lowest BCUT2D eigenvalue weighted by molar-refractivity contribution is 0.0739. The third-order valence-corrected chi connectivity index (χ3v) is 5.88. The monoisotopic (exact) mass is 463 g/mol. The Morgan fingerprint density at radius 1 is 0.971 bits per heavy atom. The predicted molar refractivity (Wildman–Crippen MR) is 135 cm³/mol. The molecular formula is C28H37N3O3. The zero-order valence-electron chi connectivity index (χ0n) is 20.7. The van der Waals surface area contributed by atoms with E-state index in [-0.39, 0.29) is 11.8 Å². The van der Waals surface area contributed by atoms with E-state index in [9.17, 15) is 9.59 Å². The van der Waals surface area contributed by atoms with E-state index in [0.29, 0.717) is 43.3 Å². The van der Waals surface area contributed by atoms with Crippen molar-refractivity contribution in [3.8, 4) is 0 Å². The molecule has 1 N–H and O–H groups in total. The first-order valence-corrected chi connectivity index (χ1v) is 12.4. The molecule has 6 nitrogen and oxygen atoms in total. The van der Waals surface area contributed by atoms with Gasteiger partial charge in [0.15, 0.2) is 5.76 Å². The minimum Gasteiger partial charge on any atom is -0.454 e. The summed E-state index contributed by atoms with van der Waals surface area (Å²) >= 11 is 0. The molecule has 2 heterocycles.